The van der Waals surface area contributed by atoms with E-state index in [0.717, 1.165) is 11.3 Å². The van der Waals surface area contributed by atoms with E-state index in [9.17, 15) is 4.79 Å². The largest absolute Gasteiger partial charge is 0.307 e. The molecule has 0 fully saturated rings. The summed E-state index contributed by atoms with van der Waals surface area (Å²) in [4.78, 5) is 20.7. The fraction of sp³-hybridized carbons (Fsp3) is 0.312. The molecule has 2 heterocycles. The predicted molar refractivity (Wildman–Crippen MR) is 84.9 cm³/mol. The van der Waals surface area contributed by atoms with Crippen LogP contribution in [0.15, 0.2) is 30.5 Å². The number of hydrogen-bond donors (Lipinski definition) is 1. The second-order valence-corrected chi connectivity index (χ2v) is 6.38. The Morgan fingerprint density at radius 3 is 2.52 bits per heavy atom. The van der Waals surface area contributed by atoms with Gasteiger partial charge in [-0.25, -0.2) is 9.97 Å². The number of halogens is 1. The van der Waals surface area contributed by atoms with Crippen molar-refractivity contribution in [1.82, 2.24) is 9.97 Å². The molecule has 0 atom stereocenters. The quantitative estimate of drug-likeness (QED) is 0.854. The zero-order chi connectivity index (χ0) is 15.6. The Morgan fingerprint density at radius 2 is 1.95 bits per heavy atom. The maximum absolute atomic E-state index is 12.3. The molecule has 110 valence electrons. The second-order valence-electron chi connectivity index (χ2n) is 5.99. The average molecular weight is 304 g/mol. The molecule has 0 unspecified atom stereocenters. The summed E-state index contributed by atoms with van der Waals surface area (Å²) in [6.45, 7) is 8.01. The van der Waals surface area contributed by atoms with E-state index in [4.69, 9.17) is 11.6 Å². The van der Waals surface area contributed by atoms with Crippen molar-refractivity contribution >= 4 is 23.3 Å². The number of carbonyl (C=O) groups is 1. The lowest BCUT2D eigenvalue weighted by atomic mass is 9.91. The molecule has 0 aliphatic rings. The lowest BCUT2D eigenvalue weighted by Crippen LogP contribution is -2.18. The topological polar surface area (TPSA) is 54.9 Å². The van der Waals surface area contributed by atoms with Crippen molar-refractivity contribution in [1.29, 1.82) is 0 Å². The highest BCUT2D eigenvalue weighted by molar-refractivity contribution is 6.29. The molecule has 21 heavy (non-hydrogen) atoms. The zero-order valence-corrected chi connectivity index (χ0v) is 13.3. The average Bonchev–Trinajstić information content (AvgIpc) is 2.39. The predicted octanol–water partition coefficient (Wildman–Crippen LogP) is 3.99. The second kappa shape index (κ2) is 5.82. The molecule has 0 aliphatic carbocycles. The van der Waals surface area contributed by atoms with Gasteiger partial charge in [0.2, 0.25) is 0 Å². The van der Waals surface area contributed by atoms with Gasteiger partial charge < -0.3 is 5.32 Å². The summed E-state index contributed by atoms with van der Waals surface area (Å²) >= 11 is 6.02. The van der Waals surface area contributed by atoms with Crippen molar-refractivity contribution in [2.45, 2.75) is 33.1 Å². The van der Waals surface area contributed by atoms with E-state index in [1.54, 1.807) is 24.4 Å². The van der Waals surface area contributed by atoms with Crippen molar-refractivity contribution in [3.63, 3.8) is 0 Å². The molecule has 0 spiro atoms. The minimum Gasteiger partial charge on any atom is -0.307 e. The SMILES string of the molecule is Cc1ccc(NC(=O)c2cc(Cl)nc(C(C)(C)C)c2)nc1. The molecule has 2 aromatic heterocycles. The normalized spacial score (nSPS) is 11.3. The smallest absolute Gasteiger partial charge is 0.256 e. The minimum absolute atomic E-state index is 0.179. The van der Waals surface area contributed by atoms with Gasteiger partial charge in [0.15, 0.2) is 0 Å². The van der Waals surface area contributed by atoms with Gasteiger partial charge in [-0.15, -0.1) is 0 Å². The molecule has 0 saturated heterocycles. The summed E-state index contributed by atoms with van der Waals surface area (Å²) in [6.07, 6.45) is 1.70. The molecule has 4 nitrogen and oxygen atoms in total. The fourth-order valence-electron chi connectivity index (χ4n) is 1.74. The molecule has 2 aromatic rings. The highest BCUT2D eigenvalue weighted by Gasteiger charge is 2.19. The van der Waals surface area contributed by atoms with Crippen LogP contribution in [0.5, 0.6) is 0 Å². The van der Waals surface area contributed by atoms with Crippen LogP contribution in [0.4, 0.5) is 5.82 Å². The van der Waals surface area contributed by atoms with E-state index >= 15 is 0 Å². The van der Waals surface area contributed by atoms with Gasteiger partial charge in [0.05, 0.1) is 0 Å². The Labute approximate surface area is 129 Å². The van der Waals surface area contributed by atoms with E-state index < -0.39 is 0 Å². The van der Waals surface area contributed by atoms with E-state index in [-0.39, 0.29) is 11.3 Å². The molecular formula is C16H18ClN3O. The van der Waals surface area contributed by atoms with Crippen LogP contribution in [0.3, 0.4) is 0 Å². The number of amides is 1. The summed E-state index contributed by atoms with van der Waals surface area (Å²) in [5.41, 5.74) is 2.11. The van der Waals surface area contributed by atoms with Crippen LogP contribution in [0.2, 0.25) is 5.15 Å². The molecule has 0 aromatic carbocycles. The third kappa shape index (κ3) is 4.02. The van der Waals surface area contributed by atoms with E-state index in [0.29, 0.717) is 16.5 Å². The lowest BCUT2D eigenvalue weighted by Gasteiger charge is -2.18. The molecule has 5 heteroatoms. The first kappa shape index (κ1) is 15.4. The Balaban J connectivity index is 2.27. The number of anilines is 1. The summed E-state index contributed by atoms with van der Waals surface area (Å²) in [6, 6.07) is 6.97. The number of nitrogens with zero attached hydrogens (tertiary/aromatic N) is 2. The Kier molecular flexibility index (Phi) is 4.28. The van der Waals surface area contributed by atoms with Gasteiger partial charge in [-0.1, -0.05) is 38.4 Å². The number of aromatic nitrogens is 2. The highest BCUT2D eigenvalue weighted by atomic mass is 35.5. The van der Waals surface area contributed by atoms with Crippen LogP contribution < -0.4 is 5.32 Å². The number of nitrogens with one attached hydrogen (secondary N) is 1. The van der Waals surface area contributed by atoms with Gasteiger partial charge in [0, 0.05) is 22.9 Å². The summed E-state index contributed by atoms with van der Waals surface area (Å²) in [7, 11) is 0. The van der Waals surface area contributed by atoms with Gasteiger partial charge in [-0.2, -0.15) is 0 Å². The molecule has 0 aliphatic heterocycles. The highest BCUT2D eigenvalue weighted by Crippen LogP contribution is 2.23. The minimum atomic E-state index is -0.249. The number of carbonyl (C=O) groups excluding carboxylic acids is 1. The maximum atomic E-state index is 12.3. The van der Waals surface area contributed by atoms with Gasteiger partial charge in [-0.05, 0) is 30.7 Å². The van der Waals surface area contributed by atoms with Crippen LogP contribution in [-0.4, -0.2) is 15.9 Å². The van der Waals surface area contributed by atoms with Crippen molar-refractivity contribution in [2.24, 2.45) is 0 Å². The number of rotatable bonds is 2. The number of aryl methyl sites for hydroxylation is 1. The number of pyridine rings is 2. The Bertz CT molecular complexity index is 660. The molecule has 2 rings (SSSR count). The fourth-order valence-corrected chi connectivity index (χ4v) is 1.95. The molecule has 1 amide bonds. The zero-order valence-electron chi connectivity index (χ0n) is 12.6. The monoisotopic (exact) mass is 303 g/mol. The van der Waals surface area contributed by atoms with Crippen LogP contribution >= 0.6 is 11.6 Å². The van der Waals surface area contributed by atoms with Crippen LogP contribution in [-0.2, 0) is 5.41 Å². The first-order valence-electron chi connectivity index (χ1n) is 6.68. The Hall–Kier alpha value is -1.94. The van der Waals surface area contributed by atoms with Crippen molar-refractivity contribution in [3.8, 4) is 0 Å². The molecule has 0 bridgehead atoms. The van der Waals surface area contributed by atoms with Crippen LogP contribution in [0, 0.1) is 6.92 Å². The number of hydrogen-bond acceptors (Lipinski definition) is 3. The summed E-state index contributed by atoms with van der Waals surface area (Å²) in [5.74, 6) is 0.261. The molecule has 0 saturated carbocycles. The van der Waals surface area contributed by atoms with Crippen molar-refractivity contribution < 1.29 is 4.79 Å². The van der Waals surface area contributed by atoms with Gasteiger partial charge in [0.1, 0.15) is 11.0 Å². The van der Waals surface area contributed by atoms with Crippen molar-refractivity contribution in [3.05, 3.63) is 52.4 Å². The first-order valence-corrected chi connectivity index (χ1v) is 7.05. The third-order valence-electron chi connectivity index (χ3n) is 2.98. The summed E-state index contributed by atoms with van der Waals surface area (Å²) in [5, 5.41) is 3.06. The van der Waals surface area contributed by atoms with Gasteiger partial charge in [-0.3, -0.25) is 4.79 Å². The standard InChI is InChI=1S/C16H18ClN3O/c1-10-5-6-14(18-9-10)20-15(21)11-7-12(16(2,3)4)19-13(17)8-11/h5-9H,1-4H3,(H,18,20,21). The molecular weight excluding hydrogens is 286 g/mol. The Morgan fingerprint density at radius 1 is 1.24 bits per heavy atom. The van der Waals surface area contributed by atoms with E-state index in [1.165, 1.54) is 0 Å². The molecule has 1 N–H and O–H groups in total. The van der Waals surface area contributed by atoms with Gasteiger partial charge in [0.25, 0.3) is 5.91 Å². The molecule has 0 radical (unpaired) electrons. The summed E-state index contributed by atoms with van der Waals surface area (Å²) < 4.78 is 0. The van der Waals surface area contributed by atoms with E-state index in [2.05, 4.69) is 15.3 Å². The first-order chi connectivity index (χ1) is 9.75. The maximum Gasteiger partial charge on any atom is 0.256 e. The van der Waals surface area contributed by atoms with Gasteiger partial charge >= 0.3 is 0 Å². The third-order valence-corrected chi connectivity index (χ3v) is 3.17. The van der Waals surface area contributed by atoms with E-state index in [1.807, 2.05) is 33.8 Å². The van der Waals surface area contributed by atoms with Crippen molar-refractivity contribution in [2.75, 3.05) is 5.32 Å². The van der Waals surface area contributed by atoms with Crippen LogP contribution in [0.1, 0.15) is 42.4 Å². The van der Waals surface area contributed by atoms with Crippen LogP contribution in [0.25, 0.3) is 0 Å². The lowest BCUT2D eigenvalue weighted by molar-refractivity contribution is 0.102.